The van der Waals surface area contributed by atoms with Crippen molar-refractivity contribution < 1.29 is 14.7 Å². The lowest BCUT2D eigenvalue weighted by molar-refractivity contribution is -0.140. The van der Waals surface area contributed by atoms with Gasteiger partial charge in [0.25, 0.3) is 5.91 Å². The summed E-state index contributed by atoms with van der Waals surface area (Å²) < 4.78 is 0. The summed E-state index contributed by atoms with van der Waals surface area (Å²) in [6.07, 6.45) is 19.6. The van der Waals surface area contributed by atoms with E-state index in [1.54, 1.807) is 5.57 Å². The fourth-order valence-corrected chi connectivity index (χ4v) is 9.76. The number of aliphatic hydroxyl groups is 1. The van der Waals surface area contributed by atoms with Gasteiger partial charge < -0.3 is 10.4 Å². The number of fused-ring (bicyclic) bond motifs is 5. The summed E-state index contributed by atoms with van der Waals surface area (Å²) in [4.78, 5) is 24.9. The van der Waals surface area contributed by atoms with E-state index < -0.39 is 0 Å². The number of aliphatic hydroxyl groups excluding tert-OH is 1. The molecular formula is C34H57NO3. The minimum Gasteiger partial charge on any atom is -0.393 e. The number of Topliss-reactive ketones (excluding diaryl/α,β-unsaturated/α-hetero) is 1. The first-order valence-electron chi connectivity index (χ1n) is 16.3. The SMILES string of the molecule is CCCCCCNC(=O)C(=O)C(C)CCC[C@@H](C)[C@H]1CC[C@H]2[C@@H]3CC=C4C[C@@H](O)CC[C@]4(C)[C@H]3CC[C@]12C. The summed E-state index contributed by atoms with van der Waals surface area (Å²) in [6.45, 7) is 12.3. The number of nitrogens with one attached hydrogen (secondary N) is 1. The molecule has 1 unspecified atom stereocenters. The smallest absolute Gasteiger partial charge is 0.287 e. The molecule has 0 aromatic carbocycles. The molecule has 9 atom stereocenters. The molecule has 0 spiro atoms. The average molecular weight is 528 g/mol. The van der Waals surface area contributed by atoms with Crippen LogP contribution in [0, 0.1) is 46.3 Å². The lowest BCUT2D eigenvalue weighted by Crippen LogP contribution is -2.50. The van der Waals surface area contributed by atoms with Gasteiger partial charge in [-0.05, 0) is 105 Å². The van der Waals surface area contributed by atoms with Crippen molar-refractivity contribution in [3.05, 3.63) is 11.6 Å². The average Bonchev–Trinajstić information content (AvgIpc) is 3.25. The van der Waals surface area contributed by atoms with Crippen LogP contribution in [-0.2, 0) is 9.59 Å². The van der Waals surface area contributed by atoms with Gasteiger partial charge in [0, 0.05) is 12.5 Å². The molecule has 0 aliphatic heterocycles. The summed E-state index contributed by atoms with van der Waals surface area (Å²) >= 11 is 0. The fraction of sp³-hybridized carbons (Fsp3) is 0.882. The van der Waals surface area contributed by atoms with Crippen LogP contribution >= 0.6 is 0 Å². The molecule has 3 saturated carbocycles. The first-order valence-corrected chi connectivity index (χ1v) is 16.3. The topological polar surface area (TPSA) is 66.4 Å². The molecule has 4 aliphatic rings. The normalized spacial score (nSPS) is 37.8. The minimum atomic E-state index is -0.379. The summed E-state index contributed by atoms with van der Waals surface area (Å²) in [7, 11) is 0. The third kappa shape index (κ3) is 5.96. The van der Waals surface area contributed by atoms with Crippen molar-refractivity contribution in [1.29, 1.82) is 0 Å². The van der Waals surface area contributed by atoms with Gasteiger partial charge in [-0.15, -0.1) is 0 Å². The quantitative estimate of drug-likeness (QED) is 0.156. The van der Waals surface area contributed by atoms with E-state index in [4.69, 9.17) is 0 Å². The van der Waals surface area contributed by atoms with Crippen LogP contribution in [0.3, 0.4) is 0 Å². The van der Waals surface area contributed by atoms with Crippen molar-refractivity contribution in [2.75, 3.05) is 6.54 Å². The summed E-state index contributed by atoms with van der Waals surface area (Å²) in [5, 5.41) is 13.1. The third-order valence-electron chi connectivity index (χ3n) is 12.1. The Kier molecular flexibility index (Phi) is 9.86. The third-order valence-corrected chi connectivity index (χ3v) is 12.1. The van der Waals surface area contributed by atoms with E-state index in [9.17, 15) is 14.7 Å². The maximum Gasteiger partial charge on any atom is 0.287 e. The highest BCUT2D eigenvalue weighted by Crippen LogP contribution is 2.67. The van der Waals surface area contributed by atoms with Gasteiger partial charge in [-0.25, -0.2) is 0 Å². The molecule has 216 valence electrons. The van der Waals surface area contributed by atoms with E-state index in [2.05, 4.69) is 39.1 Å². The molecule has 38 heavy (non-hydrogen) atoms. The van der Waals surface area contributed by atoms with Crippen molar-refractivity contribution >= 4 is 11.7 Å². The molecule has 4 aliphatic carbocycles. The second-order valence-electron chi connectivity index (χ2n) is 14.4. The van der Waals surface area contributed by atoms with Crippen molar-refractivity contribution in [2.24, 2.45) is 46.3 Å². The van der Waals surface area contributed by atoms with Gasteiger partial charge >= 0.3 is 0 Å². The summed E-state index contributed by atoms with van der Waals surface area (Å²) in [5.41, 5.74) is 2.32. The summed E-state index contributed by atoms with van der Waals surface area (Å²) in [5.74, 6) is 3.10. The van der Waals surface area contributed by atoms with Gasteiger partial charge in [0.05, 0.1) is 6.10 Å². The standard InChI is InChI=1S/C34H57NO3/c1-6-7-8-9-21-35-32(38)31(37)24(3)12-10-11-23(2)28-15-16-29-27-14-13-25-22-26(36)17-19-33(25,4)30(27)18-20-34(28,29)5/h13,23-24,26-30,36H,6-12,14-22H2,1-5H3,(H,35,38)/t23-,24?,26+,27+,28-,29+,30+,33+,34-/m1/s1. The van der Waals surface area contributed by atoms with Gasteiger partial charge in [0.1, 0.15) is 0 Å². The fourth-order valence-electron chi connectivity index (χ4n) is 9.76. The number of rotatable bonds is 12. The predicted molar refractivity (Wildman–Crippen MR) is 156 cm³/mol. The Hall–Kier alpha value is -1.16. The molecule has 3 fully saturated rings. The van der Waals surface area contributed by atoms with Gasteiger partial charge in [0.15, 0.2) is 0 Å². The van der Waals surface area contributed by atoms with Crippen LogP contribution in [0.15, 0.2) is 11.6 Å². The number of amides is 1. The highest BCUT2D eigenvalue weighted by atomic mass is 16.3. The van der Waals surface area contributed by atoms with Crippen LogP contribution in [0.2, 0.25) is 0 Å². The van der Waals surface area contributed by atoms with E-state index in [1.165, 1.54) is 44.9 Å². The van der Waals surface area contributed by atoms with E-state index in [0.29, 0.717) is 23.3 Å². The van der Waals surface area contributed by atoms with E-state index in [-0.39, 0.29) is 23.7 Å². The monoisotopic (exact) mass is 527 g/mol. The maximum atomic E-state index is 12.6. The molecule has 0 radical (unpaired) electrons. The second kappa shape index (κ2) is 12.6. The molecule has 1 amide bonds. The zero-order valence-electron chi connectivity index (χ0n) is 25.2. The molecule has 0 aromatic heterocycles. The Morgan fingerprint density at radius 3 is 2.55 bits per heavy atom. The number of carbonyl (C=O) groups is 2. The molecule has 2 N–H and O–H groups in total. The largest absolute Gasteiger partial charge is 0.393 e. The number of carbonyl (C=O) groups excluding carboxylic acids is 2. The van der Waals surface area contributed by atoms with E-state index in [1.807, 2.05) is 6.92 Å². The van der Waals surface area contributed by atoms with Gasteiger partial charge in [-0.1, -0.05) is 78.4 Å². The van der Waals surface area contributed by atoms with Crippen molar-refractivity contribution in [2.45, 2.75) is 137 Å². The number of allylic oxidation sites excluding steroid dienone is 1. The number of hydrogen-bond acceptors (Lipinski definition) is 3. The number of unbranched alkanes of at least 4 members (excludes halogenated alkanes) is 3. The van der Waals surface area contributed by atoms with Crippen molar-refractivity contribution in [3.8, 4) is 0 Å². The predicted octanol–water partition coefficient (Wildman–Crippen LogP) is 7.63. The Balaban J connectivity index is 1.27. The van der Waals surface area contributed by atoms with Crippen LogP contribution < -0.4 is 5.32 Å². The molecule has 4 nitrogen and oxygen atoms in total. The Morgan fingerprint density at radius 2 is 1.79 bits per heavy atom. The molecule has 0 saturated heterocycles. The molecule has 0 heterocycles. The highest BCUT2D eigenvalue weighted by molar-refractivity contribution is 6.36. The molecular weight excluding hydrogens is 470 g/mol. The highest BCUT2D eigenvalue weighted by Gasteiger charge is 2.59. The lowest BCUT2D eigenvalue weighted by atomic mass is 9.47. The molecule has 0 aromatic rings. The number of hydrogen-bond donors (Lipinski definition) is 2. The van der Waals surface area contributed by atoms with Crippen LogP contribution in [-0.4, -0.2) is 29.4 Å². The van der Waals surface area contributed by atoms with Crippen molar-refractivity contribution in [3.63, 3.8) is 0 Å². The Labute approximate surface area is 233 Å². The summed E-state index contributed by atoms with van der Waals surface area (Å²) in [6, 6.07) is 0. The van der Waals surface area contributed by atoms with Crippen LogP contribution in [0.4, 0.5) is 0 Å². The van der Waals surface area contributed by atoms with Gasteiger partial charge in [0.2, 0.25) is 5.78 Å². The number of ketones is 1. The van der Waals surface area contributed by atoms with E-state index >= 15 is 0 Å². The van der Waals surface area contributed by atoms with Crippen LogP contribution in [0.25, 0.3) is 0 Å². The van der Waals surface area contributed by atoms with Crippen molar-refractivity contribution in [1.82, 2.24) is 5.32 Å². The molecule has 4 rings (SSSR count). The van der Waals surface area contributed by atoms with Crippen LogP contribution in [0.1, 0.15) is 131 Å². The first-order chi connectivity index (χ1) is 18.1. The zero-order chi connectivity index (χ0) is 27.5. The van der Waals surface area contributed by atoms with Gasteiger partial charge in [-0.2, -0.15) is 0 Å². The Morgan fingerprint density at radius 1 is 1.00 bits per heavy atom. The first kappa shape index (κ1) is 29.8. The second-order valence-corrected chi connectivity index (χ2v) is 14.4. The zero-order valence-corrected chi connectivity index (χ0v) is 25.2. The van der Waals surface area contributed by atoms with Crippen LogP contribution in [0.5, 0.6) is 0 Å². The minimum absolute atomic E-state index is 0.126. The molecule has 0 bridgehead atoms. The van der Waals surface area contributed by atoms with Gasteiger partial charge in [-0.3, -0.25) is 9.59 Å². The maximum absolute atomic E-state index is 12.6. The van der Waals surface area contributed by atoms with E-state index in [0.717, 1.165) is 75.0 Å². The molecule has 4 heteroatoms. The lowest BCUT2D eigenvalue weighted by Gasteiger charge is -2.58. The Bertz CT molecular complexity index is 866.